The normalized spacial score (nSPS) is 22.4. The molecule has 3 N–H and O–H groups in total. The van der Waals surface area contributed by atoms with Crippen LogP contribution >= 0.6 is 11.6 Å². The molecular weight excluding hydrogens is 392 g/mol. The van der Waals surface area contributed by atoms with Gasteiger partial charge in [0.2, 0.25) is 11.8 Å². The minimum Gasteiger partial charge on any atom is -0.351 e. The Morgan fingerprint density at radius 2 is 2.07 bits per heavy atom. The second-order valence-electron chi connectivity index (χ2n) is 8.92. The Bertz CT molecular complexity index is 837. The Balaban J connectivity index is 1.61. The third-order valence-electron chi connectivity index (χ3n) is 5.65. The SMILES string of the molecule is CC1(C)C[C@@H](C[C@@H](C#N)NC(=O)[C@@H](CC(=O)c2ccc(Cl)[nH]2)CC2CC2)C(=O)N1. The van der Waals surface area contributed by atoms with Crippen molar-refractivity contribution in [2.45, 2.75) is 64.0 Å². The van der Waals surface area contributed by atoms with Gasteiger partial charge < -0.3 is 15.6 Å². The van der Waals surface area contributed by atoms with Crippen molar-refractivity contribution >= 4 is 29.2 Å². The Hall–Kier alpha value is -2.33. The standard InChI is InChI=1S/C21H27ClN4O3/c1-21(2)10-14(20(29)26-21)8-15(11-23)24-19(28)13(7-12-3-4-12)9-17(27)16-5-6-18(22)25-16/h5-6,12-15,25H,3-4,7-10H2,1-2H3,(H,24,28)(H,26,29)/t13-,14-,15+/m1/s1. The quantitative estimate of drug-likeness (QED) is 0.534. The zero-order valence-electron chi connectivity index (χ0n) is 16.8. The minimum absolute atomic E-state index is 0.0638. The number of hydrogen-bond donors (Lipinski definition) is 3. The Morgan fingerprint density at radius 3 is 2.59 bits per heavy atom. The molecule has 2 aliphatic rings. The summed E-state index contributed by atoms with van der Waals surface area (Å²) >= 11 is 5.84. The number of hydrogen-bond acceptors (Lipinski definition) is 4. The van der Waals surface area contributed by atoms with E-state index in [4.69, 9.17) is 11.6 Å². The van der Waals surface area contributed by atoms with Gasteiger partial charge in [-0.3, -0.25) is 14.4 Å². The first-order valence-electron chi connectivity index (χ1n) is 10.1. The van der Waals surface area contributed by atoms with E-state index in [2.05, 4.69) is 21.7 Å². The fraction of sp³-hybridized carbons (Fsp3) is 0.619. The van der Waals surface area contributed by atoms with Crippen LogP contribution in [0.15, 0.2) is 12.1 Å². The maximum absolute atomic E-state index is 12.9. The molecule has 2 fully saturated rings. The molecule has 1 saturated carbocycles. The Morgan fingerprint density at radius 1 is 1.34 bits per heavy atom. The molecule has 8 heteroatoms. The van der Waals surface area contributed by atoms with Crippen LogP contribution in [0.1, 0.15) is 62.9 Å². The van der Waals surface area contributed by atoms with Gasteiger partial charge in [-0.15, -0.1) is 0 Å². The van der Waals surface area contributed by atoms with Gasteiger partial charge in [-0.1, -0.05) is 24.4 Å². The lowest BCUT2D eigenvalue weighted by Gasteiger charge is -2.20. The number of Topliss-reactive ketones (excluding diaryl/α,β-unsaturated/α-hetero) is 1. The molecule has 0 spiro atoms. The number of H-pyrrole nitrogens is 1. The highest BCUT2D eigenvalue weighted by molar-refractivity contribution is 6.29. The number of nitrogens with zero attached hydrogens (tertiary/aromatic N) is 1. The summed E-state index contributed by atoms with van der Waals surface area (Å²) in [5, 5.41) is 15.6. The van der Waals surface area contributed by atoms with Gasteiger partial charge >= 0.3 is 0 Å². The van der Waals surface area contributed by atoms with Crippen LogP contribution in [0.4, 0.5) is 0 Å². The molecule has 1 aromatic rings. The monoisotopic (exact) mass is 418 g/mol. The number of carbonyl (C=O) groups excluding carboxylic acids is 3. The van der Waals surface area contributed by atoms with Crippen molar-refractivity contribution in [1.29, 1.82) is 5.26 Å². The molecule has 156 valence electrons. The van der Waals surface area contributed by atoms with E-state index in [0.29, 0.717) is 29.6 Å². The fourth-order valence-corrected chi connectivity index (χ4v) is 4.17. The number of nitrogens with one attached hydrogen (secondary N) is 3. The van der Waals surface area contributed by atoms with Crippen molar-refractivity contribution in [1.82, 2.24) is 15.6 Å². The zero-order chi connectivity index (χ0) is 21.2. The summed E-state index contributed by atoms with van der Waals surface area (Å²) in [5.41, 5.74) is 0.0783. The van der Waals surface area contributed by atoms with Crippen LogP contribution in [0.2, 0.25) is 5.15 Å². The van der Waals surface area contributed by atoms with E-state index in [9.17, 15) is 19.6 Å². The third kappa shape index (κ3) is 5.83. The van der Waals surface area contributed by atoms with Crippen molar-refractivity contribution in [3.8, 4) is 6.07 Å². The number of carbonyl (C=O) groups is 3. The molecular formula is C21H27ClN4O3. The molecule has 29 heavy (non-hydrogen) atoms. The van der Waals surface area contributed by atoms with Crippen LogP contribution in [0.3, 0.4) is 0 Å². The summed E-state index contributed by atoms with van der Waals surface area (Å²) in [6, 6.07) is 4.55. The molecule has 2 heterocycles. The van der Waals surface area contributed by atoms with Gasteiger partial charge in [0.05, 0.1) is 11.8 Å². The summed E-state index contributed by atoms with van der Waals surface area (Å²) in [5.74, 6) is -0.915. The van der Waals surface area contributed by atoms with E-state index in [1.165, 1.54) is 0 Å². The zero-order valence-corrected chi connectivity index (χ0v) is 17.5. The van der Waals surface area contributed by atoms with E-state index in [0.717, 1.165) is 12.8 Å². The number of halogens is 1. The van der Waals surface area contributed by atoms with Crippen LogP contribution in [0, 0.1) is 29.1 Å². The van der Waals surface area contributed by atoms with Crippen molar-refractivity contribution in [3.63, 3.8) is 0 Å². The predicted octanol–water partition coefficient (Wildman–Crippen LogP) is 2.97. The molecule has 0 unspecified atom stereocenters. The molecule has 1 saturated heterocycles. The highest BCUT2D eigenvalue weighted by Gasteiger charge is 2.39. The fourth-order valence-electron chi connectivity index (χ4n) is 4.01. The molecule has 1 aromatic heterocycles. The smallest absolute Gasteiger partial charge is 0.224 e. The van der Waals surface area contributed by atoms with Gasteiger partial charge in [0.25, 0.3) is 0 Å². The van der Waals surface area contributed by atoms with Gasteiger partial charge in [0.1, 0.15) is 11.2 Å². The summed E-state index contributed by atoms with van der Waals surface area (Å²) in [6.07, 6.45) is 3.71. The van der Waals surface area contributed by atoms with E-state index >= 15 is 0 Å². The number of rotatable bonds is 9. The Labute approximate surface area is 175 Å². The average molecular weight is 419 g/mol. The second-order valence-corrected chi connectivity index (χ2v) is 9.33. The highest BCUT2D eigenvalue weighted by atomic mass is 35.5. The van der Waals surface area contributed by atoms with Crippen LogP contribution in [-0.2, 0) is 9.59 Å². The third-order valence-corrected chi connectivity index (χ3v) is 5.87. The summed E-state index contributed by atoms with van der Waals surface area (Å²) < 4.78 is 0. The maximum Gasteiger partial charge on any atom is 0.224 e. The van der Waals surface area contributed by atoms with Crippen molar-refractivity contribution in [2.75, 3.05) is 0 Å². The predicted molar refractivity (Wildman–Crippen MR) is 108 cm³/mol. The number of nitriles is 1. The van der Waals surface area contributed by atoms with Crippen molar-refractivity contribution < 1.29 is 14.4 Å². The molecule has 0 bridgehead atoms. The van der Waals surface area contributed by atoms with Gasteiger partial charge in [0.15, 0.2) is 5.78 Å². The molecule has 1 aliphatic carbocycles. The second kappa shape index (κ2) is 8.58. The topological polar surface area (TPSA) is 115 Å². The highest BCUT2D eigenvalue weighted by Crippen LogP contribution is 2.37. The molecule has 0 aromatic carbocycles. The molecule has 1 aliphatic heterocycles. The maximum atomic E-state index is 12.9. The van der Waals surface area contributed by atoms with E-state index in [-0.39, 0.29) is 41.9 Å². The number of aromatic amines is 1. The number of aromatic nitrogens is 1. The van der Waals surface area contributed by atoms with E-state index in [1.54, 1.807) is 12.1 Å². The molecule has 2 amide bonds. The number of amides is 2. The first-order valence-corrected chi connectivity index (χ1v) is 10.4. The molecule has 3 atom stereocenters. The van der Waals surface area contributed by atoms with Crippen molar-refractivity contribution in [2.24, 2.45) is 17.8 Å². The van der Waals surface area contributed by atoms with Crippen molar-refractivity contribution in [3.05, 3.63) is 23.0 Å². The van der Waals surface area contributed by atoms with Gasteiger partial charge in [-0.2, -0.15) is 5.26 Å². The van der Waals surface area contributed by atoms with E-state index in [1.807, 2.05) is 13.8 Å². The Kier molecular flexibility index (Phi) is 6.33. The first-order chi connectivity index (χ1) is 13.7. The summed E-state index contributed by atoms with van der Waals surface area (Å²) in [4.78, 5) is 40.3. The van der Waals surface area contributed by atoms with Gasteiger partial charge in [-0.25, -0.2) is 0 Å². The van der Waals surface area contributed by atoms with Gasteiger partial charge in [-0.05, 0) is 51.2 Å². The summed E-state index contributed by atoms with van der Waals surface area (Å²) in [7, 11) is 0. The first kappa shape index (κ1) is 21.4. The van der Waals surface area contributed by atoms with Gasteiger partial charge in [0, 0.05) is 23.8 Å². The van der Waals surface area contributed by atoms with Crippen LogP contribution in [0.5, 0.6) is 0 Å². The minimum atomic E-state index is -0.760. The largest absolute Gasteiger partial charge is 0.351 e. The molecule has 3 rings (SSSR count). The lowest BCUT2D eigenvalue weighted by Crippen LogP contribution is -2.40. The lowest BCUT2D eigenvalue weighted by molar-refractivity contribution is -0.127. The molecule has 7 nitrogen and oxygen atoms in total. The van der Waals surface area contributed by atoms with E-state index < -0.39 is 12.0 Å². The number of ketones is 1. The molecule has 0 radical (unpaired) electrons. The van der Waals surface area contributed by atoms with Crippen LogP contribution < -0.4 is 10.6 Å². The van der Waals surface area contributed by atoms with Crippen LogP contribution in [0.25, 0.3) is 0 Å². The lowest BCUT2D eigenvalue weighted by atomic mass is 9.90. The summed E-state index contributed by atoms with van der Waals surface area (Å²) in [6.45, 7) is 3.88. The van der Waals surface area contributed by atoms with Crippen LogP contribution in [-0.4, -0.2) is 34.2 Å². The average Bonchev–Trinajstić information content (AvgIpc) is 3.28.